The summed E-state index contributed by atoms with van der Waals surface area (Å²) in [7, 11) is 0. The molecule has 1 aliphatic rings. The highest BCUT2D eigenvalue weighted by molar-refractivity contribution is 6.36. The number of hydrogen-bond donors (Lipinski definition) is 2. The third-order valence-electron chi connectivity index (χ3n) is 2.91. The van der Waals surface area contributed by atoms with E-state index in [1.165, 1.54) is 0 Å². The van der Waals surface area contributed by atoms with E-state index in [2.05, 4.69) is 15.5 Å². The van der Waals surface area contributed by atoms with E-state index in [0.717, 1.165) is 19.4 Å². The van der Waals surface area contributed by atoms with Gasteiger partial charge < -0.3 is 19.8 Å². The van der Waals surface area contributed by atoms with Crippen LogP contribution in [0.1, 0.15) is 19.3 Å². The highest BCUT2D eigenvalue weighted by Crippen LogP contribution is 2.10. The van der Waals surface area contributed by atoms with Crippen LogP contribution in [0, 0.1) is 0 Å². The number of carbonyl (C=O) groups is 2. The fourth-order valence-corrected chi connectivity index (χ4v) is 1.81. The highest BCUT2D eigenvalue weighted by atomic mass is 16.6. The van der Waals surface area contributed by atoms with Gasteiger partial charge in [-0.05, 0) is 12.8 Å². The Morgan fingerprint density at radius 2 is 2.35 bits per heavy atom. The van der Waals surface area contributed by atoms with Gasteiger partial charge in [-0.3, -0.25) is 4.79 Å². The van der Waals surface area contributed by atoms with Gasteiger partial charge >= 0.3 is 5.97 Å². The number of rotatable bonds is 7. The summed E-state index contributed by atoms with van der Waals surface area (Å²) >= 11 is 0. The number of nitrogens with zero attached hydrogens (tertiary/aromatic N) is 3. The van der Waals surface area contributed by atoms with Gasteiger partial charge in [0.05, 0.1) is 6.33 Å². The predicted molar refractivity (Wildman–Crippen MR) is 69.0 cm³/mol. The van der Waals surface area contributed by atoms with Gasteiger partial charge in [0.15, 0.2) is 5.71 Å². The van der Waals surface area contributed by atoms with Crippen molar-refractivity contribution in [2.45, 2.75) is 31.9 Å². The molecule has 0 spiro atoms. The summed E-state index contributed by atoms with van der Waals surface area (Å²) in [6, 6.07) is 0. The first kappa shape index (κ1) is 14.0. The molecule has 1 aromatic rings. The first-order chi connectivity index (χ1) is 9.66. The predicted octanol–water partition coefficient (Wildman–Crippen LogP) is 0.00900. The number of aromatic nitrogens is 2. The second kappa shape index (κ2) is 6.69. The number of unbranched alkanes of at least 4 members (excludes halogenated alkanes) is 1. The first-order valence-electron chi connectivity index (χ1n) is 6.36. The van der Waals surface area contributed by atoms with Crippen molar-refractivity contribution in [2.75, 3.05) is 6.54 Å². The molecule has 8 heteroatoms. The van der Waals surface area contributed by atoms with Crippen LogP contribution < -0.4 is 5.32 Å². The largest absolute Gasteiger partial charge is 0.477 e. The van der Waals surface area contributed by atoms with Gasteiger partial charge in [-0.25, -0.2) is 9.78 Å². The summed E-state index contributed by atoms with van der Waals surface area (Å²) in [4.78, 5) is 31.0. The second-order valence-electron chi connectivity index (χ2n) is 4.44. The van der Waals surface area contributed by atoms with Crippen LogP contribution in [-0.2, 0) is 21.0 Å². The number of carboxylic acids is 1. The Kier molecular flexibility index (Phi) is 4.70. The van der Waals surface area contributed by atoms with Gasteiger partial charge in [-0.15, -0.1) is 0 Å². The van der Waals surface area contributed by atoms with Crippen molar-refractivity contribution >= 4 is 17.6 Å². The molecule has 20 heavy (non-hydrogen) atoms. The van der Waals surface area contributed by atoms with E-state index in [-0.39, 0.29) is 18.0 Å². The van der Waals surface area contributed by atoms with Crippen molar-refractivity contribution in [1.29, 1.82) is 0 Å². The molecule has 0 radical (unpaired) electrons. The molecule has 108 valence electrons. The summed E-state index contributed by atoms with van der Waals surface area (Å²) in [5.41, 5.74) is -0.120. The zero-order valence-corrected chi connectivity index (χ0v) is 10.9. The highest BCUT2D eigenvalue weighted by Gasteiger charge is 2.31. The van der Waals surface area contributed by atoms with Crippen LogP contribution >= 0.6 is 0 Å². The molecule has 0 fully saturated rings. The van der Waals surface area contributed by atoms with Crippen molar-refractivity contribution in [3.8, 4) is 0 Å². The number of amides is 1. The summed E-state index contributed by atoms with van der Waals surface area (Å²) in [5, 5.41) is 14.8. The maximum atomic E-state index is 11.7. The zero-order valence-electron chi connectivity index (χ0n) is 10.9. The van der Waals surface area contributed by atoms with Crippen molar-refractivity contribution in [1.82, 2.24) is 14.9 Å². The minimum atomic E-state index is -1.15. The van der Waals surface area contributed by atoms with Crippen LogP contribution in [0.5, 0.6) is 0 Å². The standard InChI is InChI=1S/C12H16N4O4/c17-11(10-7-9(12(18)19)15-20-10)14-3-1-2-5-16-6-4-13-8-16/h4,6,8,10H,1-3,5,7H2,(H,14,17)(H,18,19). The van der Waals surface area contributed by atoms with Gasteiger partial charge in [0.25, 0.3) is 5.91 Å². The van der Waals surface area contributed by atoms with E-state index < -0.39 is 12.1 Å². The number of oxime groups is 1. The Balaban J connectivity index is 1.58. The number of carbonyl (C=O) groups excluding carboxylic acids is 1. The number of imidazole rings is 1. The molecule has 1 aliphatic heterocycles. The molecule has 1 amide bonds. The molecule has 0 bridgehead atoms. The fraction of sp³-hybridized carbons (Fsp3) is 0.500. The molecule has 0 saturated heterocycles. The number of aryl methyl sites for hydroxylation is 1. The van der Waals surface area contributed by atoms with E-state index in [9.17, 15) is 9.59 Å². The molecule has 0 aromatic carbocycles. The molecule has 2 N–H and O–H groups in total. The lowest BCUT2D eigenvalue weighted by Gasteiger charge is -2.09. The van der Waals surface area contributed by atoms with Crippen LogP contribution in [0.2, 0.25) is 0 Å². The lowest BCUT2D eigenvalue weighted by atomic mass is 10.1. The Bertz CT molecular complexity index is 498. The third kappa shape index (κ3) is 3.81. The molecular formula is C12H16N4O4. The Morgan fingerprint density at radius 3 is 3.00 bits per heavy atom. The van der Waals surface area contributed by atoms with Gasteiger partial charge in [-0.2, -0.15) is 0 Å². The average Bonchev–Trinajstić information content (AvgIpc) is 3.09. The van der Waals surface area contributed by atoms with E-state index in [1.807, 2.05) is 10.8 Å². The second-order valence-corrected chi connectivity index (χ2v) is 4.44. The summed E-state index contributed by atoms with van der Waals surface area (Å²) < 4.78 is 1.97. The molecule has 1 aromatic heterocycles. The van der Waals surface area contributed by atoms with Crippen LogP contribution in [0.15, 0.2) is 23.9 Å². The van der Waals surface area contributed by atoms with Gasteiger partial charge in [-0.1, -0.05) is 5.16 Å². The van der Waals surface area contributed by atoms with Crippen molar-refractivity contribution in [3.63, 3.8) is 0 Å². The van der Waals surface area contributed by atoms with Crippen LogP contribution in [0.3, 0.4) is 0 Å². The smallest absolute Gasteiger partial charge is 0.353 e. The molecule has 0 aliphatic carbocycles. The molecule has 2 heterocycles. The third-order valence-corrected chi connectivity index (χ3v) is 2.91. The average molecular weight is 280 g/mol. The van der Waals surface area contributed by atoms with Crippen molar-refractivity contribution < 1.29 is 19.5 Å². The van der Waals surface area contributed by atoms with Crippen LogP contribution in [0.25, 0.3) is 0 Å². The monoisotopic (exact) mass is 280 g/mol. The van der Waals surface area contributed by atoms with E-state index in [4.69, 9.17) is 9.94 Å². The minimum Gasteiger partial charge on any atom is -0.477 e. The summed E-state index contributed by atoms with van der Waals surface area (Å²) in [6.45, 7) is 1.37. The van der Waals surface area contributed by atoms with E-state index >= 15 is 0 Å². The fourth-order valence-electron chi connectivity index (χ4n) is 1.81. The molecule has 8 nitrogen and oxygen atoms in total. The number of nitrogens with one attached hydrogen (secondary N) is 1. The quantitative estimate of drug-likeness (QED) is 0.684. The van der Waals surface area contributed by atoms with Gasteiger partial charge in [0.2, 0.25) is 6.10 Å². The van der Waals surface area contributed by atoms with Gasteiger partial charge in [0, 0.05) is 31.9 Å². The molecule has 2 rings (SSSR count). The molecular weight excluding hydrogens is 264 g/mol. The summed E-state index contributed by atoms with van der Waals surface area (Å²) in [5.74, 6) is -1.48. The van der Waals surface area contributed by atoms with Crippen LogP contribution in [-0.4, -0.2) is 44.9 Å². The number of carboxylic acid groups (broad SMARTS) is 1. The summed E-state index contributed by atoms with van der Waals surface area (Å²) in [6.07, 6.45) is 6.28. The Hall–Kier alpha value is -2.38. The zero-order chi connectivity index (χ0) is 14.4. The normalized spacial score (nSPS) is 17.4. The topological polar surface area (TPSA) is 106 Å². The lowest BCUT2D eigenvalue weighted by molar-refractivity contribution is -0.131. The molecule has 0 saturated carbocycles. The number of hydrogen-bond acceptors (Lipinski definition) is 5. The van der Waals surface area contributed by atoms with E-state index in [1.54, 1.807) is 12.5 Å². The van der Waals surface area contributed by atoms with Gasteiger partial charge in [0.1, 0.15) is 0 Å². The molecule has 1 unspecified atom stereocenters. The number of aliphatic carboxylic acids is 1. The SMILES string of the molecule is O=C(O)C1=NOC(C(=O)NCCCCn2ccnc2)C1. The van der Waals surface area contributed by atoms with Crippen LogP contribution in [0.4, 0.5) is 0 Å². The maximum Gasteiger partial charge on any atom is 0.353 e. The first-order valence-corrected chi connectivity index (χ1v) is 6.36. The maximum absolute atomic E-state index is 11.7. The molecule has 1 atom stereocenters. The van der Waals surface area contributed by atoms with E-state index in [0.29, 0.717) is 6.54 Å². The minimum absolute atomic E-state index is 0.0101. The Morgan fingerprint density at radius 1 is 1.50 bits per heavy atom. The lowest BCUT2D eigenvalue weighted by Crippen LogP contribution is -2.35. The van der Waals surface area contributed by atoms with Crippen molar-refractivity contribution in [3.05, 3.63) is 18.7 Å². The Labute approximate surface area is 115 Å². The van der Waals surface area contributed by atoms with Crippen molar-refractivity contribution in [2.24, 2.45) is 5.16 Å².